The average Bonchev–Trinajstić information content (AvgIpc) is 3.10. The van der Waals surface area contributed by atoms with E-state index in [0.29, 0.717) is 5.54 Å². The Morgan fingerprint density at radius 1 is 0.950 bits per heavy atom. The van der Waals surface area contributed by atoms with Crippen molar-refractivity contribution in [2.24, 2.45) is 5.92 Å². The summed E-state index contributed by atoms with van der Waals surface area (Å²) < 4.78 is 0. The normalized spacial score (nSPS) is 31.2. The monoisotopic (exact) mass is 279 g/mol. The Balaban J connectivity index is 1.59. The van der Waals surface area contributed by atoms with E-state index in [1.807, 2.05) is 0 Å². The van der Waals surface area contributed by atoms with Gasteiger partial charge in [-0.15, -0.1) is 0 Å². The summed E-state index contributed by atoms with van der Waals surface area (Å²) >= 11 is 0. The molecule has 0 radical (unpaired) electrons. The molecule has 3 aliphatic rings. The fourth-order valence-electron chi connectivity index (χ4n) is 4.79. The number of rotatable bonds is 4. The van der Waals surface area contributed by atoms with Crippen LogP contribution in [-0.4, -0.2) is 60.6 Å². The van der Waals surface area contributed by atoms with Crippen molar-refractivity contribution in [1.29, 1.82) is 0 Å². The first-order valence-electron chi connectivity index (χ1n) is 8.87. The van der Waals surface area contributed by atoms with Crippen LogP contribution in [0.2, 0.25) is 0 Å². The second kappa shape index (κ2) is 6.33. The van der Waals surface area contributed by atoms with Crippen LogP contribution in [0.15, 0.2) is 0 Å². The van der Waals surface area contributed by atoms with E-state index in [4.69, 9.17) is 0 Å². The van der Waals surface area contributed by atoms with Crippen LogP contribution >= 0.6 is 0 Å². The van der Waals surface area contributed by atoms with Gasteiger partial charge in [0.2, 0.25) is 0 Å². The molecule has 2 aliphatic heterocycles. The molecular formula is C17H33N3. The van der Waals surface area contributed by atoms with Gasteiger partial charge in [-0.05, 0) is 52.0 Å². The van der Waals surface area contributed by atoms with Gasteiger partial charge in [-0.2, -0.15) is 0 Å². The molecule has 0 aromatic heterocycles. The first kappa shape index (κ1) is 14.8. The summed E-state index contributed by atoms with van der Waals surface area (Å²) in [7, 11) is 0. The van der Waals surface area contributed by atoms with E-state index < -0.39 is 0 Å². The van der Waals surface area contributed by atoms with E-state index in [0.717, 1.165) is 25.0 Å². The molecule has 0 spiro atoms. The molecule has 0 bridgehead atoms. The van der Waals surface area contributed by atoms with Gasteiger partial charge in [0.05, 0.1) is 0 Å². The zero-order valence-electron chi connectivity index (χ0n) is 13.5. The Kier molecular flexibility index (Phi) is 4.68. The second-order valence-electron chi connectivity index (χ2n) is 7.77. The van der Waals surface area contributed by atoms with Gasteiger partial charge in [0.25, 0.3) is 0 Å². The van der Waals surface area contributed by atoms with Gasteiger partial charge in [-0.1, -0.05) is 12.8 Å². The van der Waals surface area contributed by atoms with Crippen molar-refractivity contribution in [1.82, 2.24) is 15.1 Å². The van der Waals surface area contributed by atoms with Gasteiger partial charge in [-0.25, -0.2) is 0 Å². The lowest BCUT2D eigenvalue weighted by molar-refractivity contribution is 0.0495. The SMILES string of the molecule is CC(C)(CN1CCCC1C1CCCC1)N1CCNCC1. The van der Waals surface area contributed by atoms with E-state index in [1.54, 1.807) is 0 Å². The van der Waals surface area contributed by atoms with Gasteiger partial charge in [0.15, 0.2) is 0 Å². The number of likely N-dealkylation sites (tertiary alicyclic amines) is 1. The Morgan fingerprint density at radius 3 is 2.35 bits per heavy atom. The van der Waals surface area contributed by atoms with Gasteiger partial charge in [-0.3, -0.25) is 9.80 Å². The fourth-order valence-corrected chi connectivity index (χ4v) is 4.79. The molecule has 2 saturated heterocycles. The highest BCUT2D eigenvalue weighted by Gasteiger charge is 2.37. The van der Waals surface area contributed by atoms with Crippen molar-refractivity contribution >= 4 is 0 Å². The molecule has 20 heavy (non-hydrogen) atoms. The third kappa shape index (κ3) is 3.20. The van der Waals surface area contributed by atoms with Crippen LogP contribution in [0.4, 0.5) is 0 Å². The second-order valence-corrected chi connectivity index (χ2v) is 7.77. The molecule has 2 heterocycles. The number of hydrogen-bond donors (Lipinski definition) is 1. The van der Waals surface area contributed by atoms with Crippen LogP contribution in [0, 0.1) is 5.92 Å². The smallest absolute Gasteiger partial charge is 0.0281 e. The van der Waals surface area contributed by atoms with Crippen LogP contribution in [0.3, 0.4) is 0 Å². The van der Waals surface area contributed by atoms with Gasteiger partial charge in [0.1, 0.15) is 0 Å². The third-order valence-corrected chi connectivity index (χ3v) is 5.92. The number of hydrogen-bond acceptors (Lipinski definition) is 3. The predicted octanol–water partition coefficient (Wildman–Crippen LogP) is 2.32. The molecule has 0 amide bonds. The van der Waals surface area contributed by atoms with E-state index in [9.17, 15) is 0 Å². The van der Waals surface area contributed by atoms with Crippen molar-refractivity contribution in [3.63, 3.8) is 0 Å². The molecular weight excluding hydrogens is 246 g/mol. The lowest BCUT2D eigenvalue weighted by Gasteiger charge is -2.45. The van der Waals surface area contributed by atoms with Crippen LogP contribution < -0.4 is 5.32 Å². The highest BCUT2D eigenvalue weighted by atomic mass is 15.3. The first-order valence-corrected chi connectivity index (χ1v) is 8.87. The number of piperazine rings is 1. The maximum atomic E-state index is 3.48. The molecule has 1 saturated carbocycles. The molecule has 1 unspecified atom stereocenters. The first-order chi connectivity index (χ1) is 9.67. The van der Waals surface area contributed by atoms with Crippen molar-refractivity contribution in [2.75, 3.05) is 39.3 Å². The molecule has 0 aromatic carbocycles. The minimum absolute atomic E-state index is 0.337. The van der Waals surface area contributed by atoms with Crippen molar-refractivity contribution in [3.05, 3.63) is 0 Å². The molecule has 3 heteroatoms. The largest absolute Gasteiger partial charge is 0.314 e. The summed E-state index contributed by atoms with van der Waals surface area (Å²) in [6.07, 6.45) is 8.85. The topological polar surface area (TPSA) is 18.5 Å². The molecule has 3 nitrogen and oxygen atoms in total. The summed E-state index contributed by atoms with van der Waals surface area (Å²) in [5, 5.41) is 3.48. The van der Waals surface area contributed by atoms with Crippen LogP contribution in [0.5, 0.6) is 0 Å². The summed E-state index contributed by atoms with van der Waals surface area (Å²) in [4.78, 5) is 5.55. The zero-order chi connectivity index (χ0) is 14.0. The lowest BCUT2D eigenvalue weighted by atomic mass is 9.94. The molecule has 0 aromatic rings. The summed E-state index contributed by atoms with van der Waals surface area (Å²) in [5.41, 5.74) is 0.337. The third-order valence-electron chi connectivity index (χ3n) is 5.92. The Bertz CT molecular complexity index is 303. The van der Waals surface area contributed by atoms with Crippen molar-refractivity contribution < 1.29 is 0 Å². The Hall–Kier alpha value is -0.120. The maximum absolute atomic E-state index is 3.48. The minimum Gasteiger partial charge on any atom is -0.314 e. The van der Waals surface area contributed by atoms with Crippen molar-refractivity contribution in [2.45, 2.75) is 64.0 Å². The maximum Gasteiger partial charge on any atom is 0.0281 e. The standard InChI is InChI=1S/C17H33N3/c1-17(2,20-12-9-18-10-13-20)14-19-11-5-8-16(19)15-6-3-4-7-15/h15-16,18H,3-14H2,1-2H3. The highest BCUT2D eigenvalue weighted by molar-refractivity contribution is 4.94. The lowest BCUT2D eigenvalue weighted by Crippen LogP contribution is -2.58. The number of nitrogens with zero attached hydrogens (tertiary/aromatic N) is 2. The van der Waals surface area contributed by atoms with Gasteiger partial charge >= 0.3 is 0 Å². The highest BCUT2D eigenvalue weighted by Crippen LogP contribution is 2.36. The van der Waals surface area contributed by atoms with E-state index in [-0.39, 0.29) is 0 Å². The van der Waals surface area contributed by atoms with Gasteiger partial charge in [0, 0.05) is 44.3 Å². The minimum atomic E-state index is 0.337. The summed E-state index contributed by atoms with van der Waals surface area (Å²) in [5.74, 6) is 1.01. The van der Waals surface area contributed by atoms with Crippen LogP contribution in [-0.2, 0) is 0 Å². The van der Waals surface area contributed by atoms with Crippen LogP contribution in [0.1, 0.15) is 52.4 Å². The molecule has 116 valence electrons. The molecule has 1 aliphatic carbocycles. The summed E-state index contributed by atoms with van der Waals surface area (Å²) in [6, 6.07) is 0.902. The van der Waals surface area contributed by atoms with Gasteiger partial charge < -0.3 is 5.32 Å². The Morgan fingerprint density at radius 2 is 1.65 bits per heavy atom. The van der Waals surface area contributed by atoms with Crippen molar-refractivity contribution in [3.8, 4) is 0 Å². The average molecular weight is 279 g/mol. The fraction of sp³-hybridized carbons (Fsp3) is 1.00. The number of nitrogens with one attached hydrogen (secondary N) is 1. The van der Waals surface area contributed by atoms with E-state index >= 15 is 0 Å². The quantitative estimate of drug-likeness (QED) is 0.852. The predicted molar refractivity (Wildman–Crippen MR) is 85.1 cm³/mol. The summed E-state index contributed by atoms with van der Waals surface area (Å²) in [6.45, 7) is 12.3. The molecule has 3 rings (SSSR count). The van der Waals surface area contributed by atoms with E-state index in [1.165, 1.54) is 64.7 Å². The molecule has 1 N–H and O–H groups in total. The Labute approximate surface area is 125 Å². The van der Waals surface area contributed by atoms with Crippen LogP contribution in [0.25, 0.3) is 0 Å². The molecule has 3 fully saturated rings. The van der Waals surface area contributed by atoms with E-state index in [2.05, 4.69) is 29.0 Å². The molecule has 1 atom stereocenters. The zero-order valence-corrected chi connectivity index (χ0v) is 13.5.